The Morgan fingerprint density at radius 3 is 2.95 bits per heavy atom. The summed E-state index contributed by atoms with van der Waals surface area (Å²) in [6.45, 7) is 6.80. The van der Waals surface area contributed by atoms with Gasteiger partial charge in [0.1, 0.15) is 0 Å². The highest BCUT2D eigenvalue weighted by Gasteiger charge is 2.31. The highest BCUT2D eigenvalue weighted by Crippen LogP contribution is 2.37. The van der Waals surface area contributed by atoms with Gasteiger partial charge in [0.25, 0.3) is 0 Å². The molecule has 1 aromatic carbocycles. The minimum atomic E-state index is 0.315. The summed E-state index contributed by atoms with van der Waals surface area (Å²) >= 11 is 0. The quantitative estimate of drug-likeness (QED) is 0.873. The molecule has 2 aliphatic rings. The Balaban J connectivity index is 1.36. The van der Waals surface area contributed by atoms with Crippen LogP contribution in [0.1, 0.15) is 43.2 Å². The number of hydrogen-bond donors (Lipinski definition) is 1. The van der Waals surface area contributed by atoms with Gasteiger partial charge >= 0.3 is 0 Å². The normalized spacial score (nSPS) is 30.1. The SMILES string of the molecule is Cc1cccc(C2CC(NC(C)COC3CCOC3)C2)c1. The summed E-state index contributed by atoms with van der Waals surface area (Å²) in [6.07, 6.45) is 3.86. The maximum atomic E-state index is 5.87. The molecule has 1 heterocycles. The first-order chi connectivity index (χ1) is 10.2. The molecule has 3 rings (SSSR count). The van der Waals surface area contributed by atoms with Gasteiger partial charge in [0.2, 0.25) is 0 Å². The van der Waals surface area contributed by atoms with E-state index >= 15 is 0 Å². The van der Waals surface area contributed by atoms with Gasteiger partial charge in [-0.1, -0.05) is 29.8 Å². The summed E-state index contributed by atoms with van der Waals surface area (Å²) in [7, 11) is 0. The van der Waals surface area contributed by atoms with Crippen molar-refractivity contribution in [3.05, 3.63) is 35.4 Å². The lowest BCUT2D eigenvalue weighted by Crippen LogP contribution is -2.46. The minimum absolute atomic E-state index is 0.315. The lowest BCUT2D eigenvalue weighted by molar-refractivity contribution is 0.0285. The van der Waals surface area contributed by atoms with Gasteiger partial charge in [-0.25, -0.2) is 0 Å². The average molecular weight is 289 g/mol. The van der Waals surface area contributed by atoms with Crippen molar-refractivity contribution < 1.29 is 9.47 Å². The van der Waals surface area contributed by atoms with E-state index < -0.39 is 0 Å². The fourth-order valence-corrected chi connectivity index (χ4v) is 3.33. The number of ether oxygens (including phenoxy) is 2. The number of rotatable bonds is 6. The van der Waals surface area contributed by atoms with Crippen LogP contribution in [0.2, 0.25) is 0 Å². The van der Waals surface area contributed by atoms with E-state index in [0.717, 1.165) is 32.2 Å². The van der Waals surface area contributed by atoms with Crippen molar-refractivity contribution in [2.45, 2.75) is 57.2 Å². The summed E-state index contributed by atoms with van der Waals surface area (Å²) in [6, 6.07) is 10.0. The molecule has 3 nitrogen and oxygen atoms in total. The van der Waals surface area contributed by atoms with E-state index in [4.69, 9.17) is 9.47 Å². The molecule has 1 saturated heterocycles. The van der Waals surface area contributed by atoms with Crippen LogP contribution in [0.3, 0.4) is 0 Å². The maximum absolute atomic E-state index is 5.87. The van der Waals surface area contributed by atoms with Crippen molar-refractivity contribution in [3.8, 4) is 0 Å². The third kappa shape index (κ3) is 4.06. The Morgan fingerprint density at radius 1 is 1.38 bits per heavy atom. The lowest BCUT2D eigenvalue weighted by Gasteiger charge is -2.38. The maximum Gasteiger partial charge on any atom is 0.0831 e. The second-order valence-electron chi connectivity index (χ2n) is 6.67. The molecule has 0 aromatic heterocycles. The Labute approximate surface area is 128 Å². The van der Waals surface area contributed by atoms with Crippen molar-refractivity contribution in [3.63, 3.8) is 0 Å². The van der Waals surface area contributed by atoms with Crippen LogP contribution in [-0.2, 0) is 9.47 Å². The van der Waals surface area contributed by atoms with Gasteiger partial charge in [-0.15, -0.1) is 0 Å². The number of aryl methyl sites for hydroxylation is 1. The topological polar surface area (TPSA) is 30.5 Å². The van der Waals surface area contributed by atoms with Gasteiger partial charge in [-0.2, -0.15) is 0 Å². The first-order valence-electron chi connectivity index (χ1n) is 8.22. The second-order valence-corrected chi connectivity index (χ2v) is 6.67. The van der Waals surface area contributed by atoms with Gasteiger partial charge in [0, 0.05) is 18.7 Å². The molecule has 0 spiro atoms. The largest absolute Gasteiger partial charge is 0.379 e. The molecular formula is C18H27NO2. The minimum Gasteiger partial charge on any atom is -0.379 e. The molecule has 1 aromatic rings. The lowest BCUT2D eigenvalue weighted by atomic mass is 9.75. The van der Waals surface area contributed by atoms with E-state index in [1.807, 2.05) is 0 Å². The Morgan fingerprint density at radius 2 is 2.24 bits per heavy atom. The van der Waals surface area contributed by atoms with Crippen molar-refractivity contribution >= 4 is 0 Å². The zero-order valence-electron chi connectivity index (χ0n) is 13.2. The van der Waals surface area contributed by atoms with Crippen LogP contribution in [0.4, 0.5) is 0 Å². The number of nitrogens with one attached hydrogen (secondary N) is 1. The third-order valence-electron chi connectivity index (χ3n) is 4.64. The molecule has 1 aliphatic heterocycles. The Bertz CT molecular complexity index is 450. The summed E-state index contributed by atoms with van der Waals surface area (Å²) in [5.74, 6) is 0.735. The molecule has 2 unspecified atom stereocenters. The fourth-order valence-electron chi connectivity index (χ4n) is 3.33. The molecule has 0 amide bonds. The highest BCUT2D eigenvalue weighted by atomic mass is 16.5. The van der Waals surface area contributed by atoms with Crippen LogP contribution >= 0.6 is 0 Å². The van der Waals surface area contributed by atoms with E-state index in [2.05, 4.69) is 43.4 Å². The van der Waals surface area contributed by atoms with Gasteiger partial charge in [0.05, 0.1) is 19.3 Å². The standard InChI is InChI=1S/C18H27NO2/c1-13-4-3-5-15(8-13)16-9-17(10-16)19-14(2)11-21-18-6-7-20-12-18/h3-5,8,14,16-19H,6-7,9-12H2,1-2H3. The predicted molar refractivity (Wildman–Crippen MR) is 84.7 cm³/mol. The van der Waals surface area contributed by atoms with Crippen molar-refractivity contribution in [1.82, 2.24) is 5.32 Å². The highest BCUT2D eigenvalue weighted by molar-refractivity contribution is 5.27. The van der Waals surface area contributed by atoms with E-state index in [9.17, 15) is 0 Å². The summed E-state index contributed by atoms with van der Waals surface area (Å²) in [4.78, 5) is 0. The monoisotopic (exact) mass is 289 g/mol. The number of benzene rings is 1. The average Bonchev–Trinajstić information content (AvgIpc) is 2.93. The fraction of sp³-hybridized carbons (Fsp3) is 0.667. The van der Waals surface area contributed by atoms with Crippen LogP contribution < -0.4 is 5.32 Å². The van der Waals surface area contributed by atoms with Crippen LogP contribution in [0.5, 0.6) is 0 Å². The molecule has 2 atom stereocenters. The molecule has 2 fully saturated rings. The molecule has 1 saturated carbocycles. The molecular weight excluding hydrogens is 262 g/mol. The van der Waals surface area contributed by atoms with Crippen molar-refractivity contribution in [1.29, 1.82) is 0 Å². The van der Waals surface area contributed by atoms with Gasteiger partial charge in [-0.05, 0) is 44.6 Å². The molecule has 3 heteroatoms. The van der Waals surface area contributed by atoms with Gasteiger partial charge < -0.3 is 14.8 Å². The van der Waals surface area contributed by atoms with E-state index in [-0.39, 0.29) is 0 Å². The smallest absolute Gasteiger partial charge is 0.0831 e. The van der Waals surface area contributed by atoms with E-state index in [1.165, 1.54) is 24.0 Å². The van der Waals surface area contributed by atoms with Crippen molar-refractivity contribution in [2.75, 3.05) is 19.8 Å². The van der Waals surface area contributed by atoms with Crippen LogP contribution in [0, 0.1) is 6.92 Å². The first kappa shape index (κ1) is 15.0. The van der Waals surface area contributed by atoms with E-state index in [1.54, 1.807) is 0 Å². The zero-order chi connectivity index (χ0) is 14.7. The van der Waals surface area contributed by atoms with Crippen LogP contribution in [-0.4, -0.2) is 38.0 Å². The molecule has 116 valence electrons. The Kier molecular flexibility index (Phi) is 4.94. The summed E-state index contributed by atoms with van der Waals surface area (Å²) in [5, 5.41) is 3.69. The number of hydrogen-bond acceptors (Lipinski definition) is 3. The molecule has 0 bridgehead atoms. The third-order valence-corrected chi connectivity index (χ3v) is 4.64. The van der Waals surface area contributed by atoms with Crippen molar-refractivity contribution in [2.24, 2.45) is 0 Å². The zero-order valence-corrected chi connectivity index (χ0v) is 13.2. The Hall–Kier alpha value is -0.900. The van der Waals surface area contributed by atoms with Crippen LogP contribution in [0.25, 0.3) is 0 Å². The molecule has 1 aliphatic carbocycles. The first-order valence-corrected chi connectivity index (χ1v) is 8.22. The summed E-state index contributed by atoms with van der Waals surface area (Å²) in [5.41, 5.74) is 2.87. The molecule has 21 heavy (non-hydrogen) atoms. The van der Waals surface area contributed by atoms with E-state index in [0.29, 0.717) is 18.2 Å². The predicted octanol–water partition coefficient (Wildman–Crippen LogP) is 3.02. The van der Waals surface area contributed by atoms with Gasteiger partial charge in [-0.3, -0.25) is 0 Å². The van der Waals surface area contributed by atoms with Gasteiger partial charge in [0.15, 0.2) is 0 Å². The second kappa shape index (κ2) is 6.91. The molecule has 1 N–H and O–H groups in total. The molecule has 0 radical (unpaired) electrons. The summed E-state index contributed by atoms with van der Waals surface area (Å²) < 4.78 is 11.2. The van der Waals surface area contributed by atoms with Crippen LogP contribution in [0.15, 0.2) is 24.3 Å².